The molecule has 5 nitrogen and oxygen atoms in total. The van der Waals surface area contributed by atoms with Crippen LogP contribution in [0.15, 0.2) is 295 Å². The number of nitrogens with zero attached hydrogens (tertiary/aromatic N) is 4. The second kappa shape index (κ2) is 24.8. The van der Waals surface area contributed by atoms with E-state index in [1.165, 1.54) is 11.1 Å². The van der Waals surface area contributed by atoms with E-state index >= 15 is 0 Å². The minimum absolute atomic E-state index is 0.0468. The third-order valence-corrected chi connectivity index (χ3v) is 23.0. The van der Waals surface area contributed by atoms with Crippen LogP contribution in [0.2, 0.25) is 0 Å². The van der Waals surface area contributed by atoms with E-state index in [9.17, 15) is 13.7 Å². The zero-order valence-electron chi connectivity index (χ0n) is 78.0. The number of fused-ring (bicyclic) bond motifs is 13. The number of hydrogen-bond acceptors (Lipinski definition) is 3. The van der Waals surface area contributed by atoms with Gasteiger partial charge in [0.15, 0.2) is 11.2 Å². The molecule has 0 aliphatic carbocycles. The Morgan fingerprint density at radius 1 is 0.282 bits per heavy atom. The zero-order chi connectivity index (χ0) is 87.1. The predicted molar refractivity (Wildman–Crippen MR) is 472 cm³/mol. The fraction of sp³-hybridized carbons (Fsp3) is 0.192. The highest BCUT2D eigenvalue weighted by Gasteiger charge is 2.46. The van der Waals surface area contributed by atoms with Crippen LogP contribution in [0.3, 0.4) is 0 Å². The molecule has 0 saturated carbocycles. The molecule has 14 aromatic carbocycles. The predicted octanol–water partition coefficient (Wildman–Crippen LogP) is 27.0. The van der Waals surface area contributed by atoms with Crippen molar-refractivity contribution in [2.45, 2.75) is 131 Å². The number of hydrogen-bond donors (Lipinski definition) is 0. The molecule has 2 aliphatic heterocycles. The molecule has 2 aliphatic rings. The molecule has 3 aromatic heterocycles. The average Bonchev–Trinajstić information content (AvgIpc) is 1.24. The van der Waals surface area contributed by atoms with Crippen molar-refractivity contribution in [3.05, 3.63) is 319 Å². The number of rotatable bonds is 8. The summed E-state index contributed by atoms with van der Waals surface area (Å²) in [5.74, 6) is 0. The third kappa shape index (κ3) is 11.1. The Morgan fingerprint density at radius 3 is 1.27 bits per heavy atom. The van der Waals surface area contributed by atoms with E-state index in [0.717, 1.165) is 110 Å². The normalized spacial score (nSPS) is 15.0. The summed E-state index contributed by atoms with van der Waals surface area (Å²) < 4.78 is 136. The van der Waals surface area contributed by atoms with Crippen LogP contribution in [0.5, 0.6) is 0 Å². The lowest BCUT2D eigenvalue weighted by molar-refractivity contribution is 0.569. The SMILES string of the molecule is [2H]c1c([2H])c([2H])c(-c2cc3c4c(c2)N(c2cccc5c2oc2c(-n6c7ccc(C(C)(C)C)cc7c7cc(C(C)(C)C)ccc76)cccc25)c2cc(-c5cc(C(C)(C)C)cc(C(C)(C)C)c5)ccc2B4c2ccc(-n4c5c([2H])c([2H])c([2H])c([2H])c5c5c([2H])c([2H])c([2H])c([2H])c54)cc2N3c2c(-c3ccccc3)cc(C(C)(C)C)cc2-c2ccccc2)c([2H])c1[2H]. The van der Waals surface area contributed by atoms with Gasteiger partial charge in [0.25, 0.3) is 6.71 Å². The fourth-order valence-corrected chi connectivity index (χ4v) is 17.0. The highest BCUT2D eigenvalue weighted by atomic mass is 16.3. The van der Waals surface area contributed by atoms with Gasteiger partial charge in [0.1, 0.15) is 0 Å². The van der Waals surface area contributed by atoms with E-state index < -0.39 is 90.7 Å². The molecule has 0 bridgehead atoms. The monoisotopic (exact) mass is 1440 g/mol. The molecule has 0 saturated heterocycles. The molecule has 19 rings (SSSR count). The van der Waals surface area contributed by atoms with Crippen molar-refractivity contribution >= 4 is 123 Å². The van der Waals surface area contributed by atoms with Crippen LogP contribution >= 0.6 is 0 Å². The smallest absolute Gasteiger partial charge is 0.252 e. The second-order valence-electron chi connectivity index (χ2n) is 35.2. The maximum atomic E-state index is 10.1. The van der Waals surface area contributed by atoms with Gasteiger partial charge in [-0.25, -0.2) is 0 Å². The molecule has 0 N–H and O–H groups in total. The average molecular weight is 1440 g/mol. The first-order chi connectivity index (χ1) is 58.1. The summed E-state index contributed by atoms with van der Waals surface area (Å²) in [5.41, 5.74) is 20.4. The van der Waals surface area contributed by atoms with Crippen LogP contribution in [0.1, 0.15) is 149 Å². The van der Waals surface area contributed by atoms with Gasteiger partial charge in [-0.3, -0.25) is 0 Å². The Balaban J connectivity index is 1.00. The Hall–Kier alpha value is -11.9. The third-order valence-electron chi connectivity index (χ3n) is 23.0. The first kappa shape index (κ1) is 55.5. The second-order valence-corrected chi connectivity index (χ2v) is 35.2. The van der Waals surface area contributed by atoms with Gasteiger partial charge in [-0.2, -0.15) is 0 Å². The first-order valence-corrected chi connectivity index (χ1v) is 38.3. The van der Waals surface area contributed by atoms with Gasteiger partial charge >= 0.3 is 0 Å². The summed E-state index contributed by atoms with van der Waals surface area (Å²) in [6.07, 6.45) is 0. The molecule has 110 heavy (non-hydrogen) atoms. The quantitative estimate of drug-likeness (QED) is 0.142. The van der Waals surface area contributed by atoms with E-state index in [4.69, 9.17) is 8.53 Å². The molecular weight excluding hydrogens is 1330 g/mol. The van der Waals surface area contributed by atoms with Gasteiger partial charge in [-0.15, -0.1) is 0 Å². The summed E-state index contributed by atoms with van der Waals surface area (Å²) in [5, 5.41) is 3.81. The van der Waals surface area contributed by atoms with Crippen molar-refractivity contribution in [2.75, 3.05) is 9.80 Å². The minimum atomic E-state index is -0.730. The maximum absolute atomic E-state index is 10.1. The number of anilines is 6. The van der Waals surface area contributed by atoms with Crippen LogP contribution < -0.4 is 26.2 Å². The molecule has 538 valence electrons. The number of benzene rings is 14. The molecule has 0 fully saturated rings. The van der Waals surface area contributed by atoms with Crippen molar-refractivity contribution in [3.63, 3.8) is 0 Å². The Bertz CT molecular complexity index is 7180. The molecule has 0 amide bonds. The summed E-state index contributed by atoms with van der Waals surface area (Å²) in [6, 6.07) is 68.1. The molecule has 0 atom stereocenters. The molecule has 0 unspecified atom stereocenters. The fourth-order valence-electron chi connectivity index (χ4n) is 17.0. The van der Waals surface area contributed by atoms with Crippen molar-refractivity contribution in [2.24, 2.45) is 0 Å². The number of para-hydroxylation sites is 4. The number of furan rings is 1. The molecular formula is C104H93BN4O. The summed E-state index contributed by atoms with van der Waals surface area (Å²) in [6.45, 7) is 32.7. The van der Waals surface area contributed by atoms with Crippen molar-refractivity contribution < 1.29 is 22.2 Å². The number of aromatic nitrogens is 2. The van der Waals surface area contributed by atoms with Crippen molar-refractivity contribution in [3.8, 4) is 55.9 Å². The molecule has 5 heterocycles. The van der Waals surface area contributed by atoms with E-state index in [-0.39, 0.29) is 49.0 Å². The van der Waals surface area contributed by atoms with Gasteiger partial charge in [-0.1, -0.05) is 304 Å². The van der Waals surface area contributed by atoms with E-state index in [1.54, 1.807) is 4.57 Å². The lowest BCUT2D eigenvalue weighted by atomic mass is 9.33. The molecule has 0 spiro atoms. The molecule has 6 heteroatoms. The van der Waals surface area contributed by atoms with E-state index in [1.807, 2.05) is 66.7 Å². The summed E-state index contributed by atoms with van der Waals surface area (Å²) >= 11 is 0. The zero-order valence-corrected chi connectivity index (χ0v) is 65.0. The standard InChI is InChI=1S/C104H93BN4O/c1-100(2,3)70-46-51-88-82(59-70)83-60-71(101(4,5)6)47-52-89(83)107(88)90-43-29-39-78-79-40-30-44-91(99(79)110-98(78)90)108-92-55-67(68-53-72(102(7,8)9)58-73(54-68)103(10,11)12)45-49-84(92)105-85-50-48-75(106-86-41-27-25-37-76(86)77-38-26-28-42-87(77)106)63-93(85)109(95-57-69(56-94(108)96(95)105)64-31-19-16-20-32-64)97-80(65-33-21-17-22-34-65)61-74(104(13,14)15)62-81(97)66-35-23-18-24-36-66/h16-63H,1-15H3/i16D,19D,20D,25D,26D,27D,28D,31D,32D,37D,38D,41D,42D. The van der Waals surface area contributed by atoms with Gasteiger partial charge in [0.05, 0.1) is 56.9 Å². The summed E-state index contributed by atoms with van der Waals surface area (Å²) in [7, 11) is 0. The van der Waals surface area contributed by atoms with Gasteiger partial charge in [0.2, 0.25) is 0 Å². The van der Waals surface area contributed by atoms with Gasteiger partial charge < -0.3 is 23.4 Å². The Morgan fingerprint density at radius 2 is 0.736 bits per heavy atom. The maximum Gasteiger partial charge on any atom is 0.252 e. The molecule has 0 radical (unpaired) electrons. The summed E-state index contributed by atoms with van der Waals surface area (Å²) in [4.78, 5) is 4.49. The van der Waals surface area contributed by atoms with Crippen LogP contribution in [-0.4, -0.2) is 15.8 Å². The highest BCUT2D eigenvalue weighted by Crippen LogP contribution is 2.55. The van der Waals surface area contributed by atoms with Crippen LogP contribution in [-0.2, 0) is 27.1 Å². The topological polar surface area (TPSA) is 29.5 Å². The minimum Gasteiger partial charge on any atom is -0.452 e. The van der Waals surface area contributed by atoms with Crippen LogP contribution in [0, 0.1) is 0 Å². The largest absolute Gasteiger partial charge is 0.452 e. The van der Waals surface area contributed by atoms with Crippen LogP contribution in [0.4, 0.5) is 34.1 Å². The van der Waals surface area contributed by atoms with Gasteiger partial charge in [0, 0.05) is 71.9 Å². The van der Waals surface area contributed by atoms with E-state index in [0.29, 0.717) is 50.9 Å². The first-order valence-electron chi connectivity index (χ1n) is 44.8. The van der Waals surface area contributed by atoms with Gasteiger partial charge in [-0.05, 0) is 196 Å². The lowest BCUT2D eigenvalue weighted by Gasteiger charge is -2.45. The highest BCUT2D eigenvalue weighted by molar-refractivity contribution is 7.00. The van der Waals surface area contributed by atoms with E-state index in [2.05, 4.69) is 264 Å². The van der Waals surface area contributed by atoms with Crippen molar-refractivity contribution in [1.82, 2.24) is 9.13 Å². The molecule has 17 aromatic rings. The lowest BCUT2D eigenvalue weighted by Crippen LogP contribution is -2.61. The van der Waals surface area contributed by atoms with Crippen LogP contribution in [0.25, 0.3) is 121 Å². The Kier molecular flexibility index (Phi) is 12.5. The van der Waals surface area contributed by atoms with Crippen molar-refractivity contribution in [1.29, 1.82) is 0 Å². The Labute approximate surface area is 666 Å².